The second-order valence-corrected chi connectivity index (χ2v) is 10.5. The molecule has 196 valence electrons. The van der Waals surface area contributed by atoms with Gasteiger partial charge in [-0.1, -0.05) is 55.5 Å². The molecule has 3 heterocycles. The highest BCUT2D eigenvalue weighted by Gasteiger charge is 2.32. The second-order valence-electron chi connectivity index (χ2n) is 9.29. The molecule has 0 N–H and O–H groups in total. The molecule has 0 atom stereocenters. The van der Waals surface area contributed by atoms with E-state index < -0.39 is 0 Å². The first-order valence-corrected chi connectivity index (χ1v) is 14.2. The monoisotopic (exact) mass is 541 g/mol. The quantitative estimate of drug-likeness (QED) is 0.153. The molecule has 0 saturated carbocycles. The van der Waals surface area contributed by atoms with Crippen LogP contribution in [0.5, 0.6) is 0 Å². The van der Waals surface area contributed by atoms with E-state index in [9.17, 15) is 4.79 Å². The molecule has 0 unspecified atom stereocenters. The summed E-state index contributed by atoms with van der Waals surface area (Å²) in [5.74, 6) is 0.880. The van der Waals surface area contributed by atoms with E-state index in [0.717, 1.165) is 40.2 Å². The Bertz CT molecular complexity index is 1680. The van der Waals surface area contributed by atoms with E-state index in [0.29, 0.717) is 17.0 Å². The van der Waals surface area contributed by atoms with E-state index >= 15 is 0 Å². The molecule has 0 radical (unpaired) electrons. The molecule has 2 aromatic heterocycles. The van der Waals surface area contributed by atoms with Gasteiger partial charge in [-0.2, -0.15) is 15.2 Å². The maximum atomic E-state index is 13.9. The lowest BCUT2D eigenvalue weighted by molar-refractivity contribution is -0.114. The molecule has 5 aromatic rings. The van der Waals surface area contributed by atoms with Crippen molar-refractivity contribution < 1.29 is 4.79 Å². The molecule has 0 aliphatic carbocycles. The third-order valence-corrected chi connectivity index (χ3v) is 7.70. The predicted molar refractivity (Wildman–Crippen MR) is 163 cm³/mol. The van der Waals surface area contributed by atoms with Crippen LogP contribution in [0.1, 0.15) is 24.5 Å². The van der Waals surface area contributed by atoms with Gasteiger partial charge in [0.2, 0.25) is 0 Å². The van der Waals surface area contributed by atoms with Gasteiger partial charge in [0.25, 0.3) is 5.91 Å². The molecule has 6 rings (SSSR count). The highest BCUT2D eigenvalue weighted by atomic mass is 32.2. The predicted octanol–water partition coefficient (Wildman–Crippen LogP) is 7.27. The number of rotatable bonds is 8. The van der Waals surface area contributed by atoms with Crippen molar-refractivity contribution in [1.29, 1.82) is 0 Å². The standard InChI is InChI=1S/C33H27N5OS/c1-2-20-40-29-17-15-24(16-18-29)31-26(23-37(35-31)27-11-5-3-6-12-27)21-30-32(25-10-9-19-34-22-25)36-38(33(30)39)28-13-7-4-8-14-28/h3-19,21-23H,2,20H2,1H3/b30-21-. The molecule has 1 aliphatic heterocycles. The van der Waals surface area contributed by atoms with E-state index in [1.54, 1.807) is 12.4 Å². The van der Waals surface area contributed by atoms with Gasteiger partial charge < -0.3 is 0 Å². The lowest BCUT2D eigenvalue weighted by atomic mass is 10.00. The minimum absolute atomic E-state index is 0.199. The Labute approximate surface area is 237 Å². The smallest absolute Gasteiger partial charge is 0.267 e. The number of carbonyl (C=O) groups excluding carboxylic acids is 1. The number of hydrazone groups is 1. The van der Waals surface area contributed by atoms with E-state index in [-0.39, 0.29) is 5.91 Å². The average Bonchev–Trinajstić information content (AvgIpc) is 3.59. The van der Waals surface area contributed by atoms with E-state index in [4.69, 9.17) is 10.2 Å². The average molecular weight is 542 g/mol. The third-order valence-electron chi connectivity index (χ3n) is 6.48. The summed E-state index contributed by atoms with van der Waals surface area (Å²) in [4.78, 5) is 19.4. The molecule has 3 aromatic carbocycles. The van der Waals surface area contributed by atoms with Crippen LogP contribution >= 0.6 is 11.8 Å². The van der Waals surface area contributed by atoms with Crippen molar-refractivity contribution in [3.05, 3.63) is 132 Å². The van der Waals surface area contributed by atoms with Crippen LogP contribution in [0, 0.1) is 0 Å². The minimum atomic E-state index is -0.199. The van der Waals surface area contributed by atoms with Gasteiger partial charge in [0.1, 0.15) is 5.71 Å². The molecule has 0 spiro atoms. The number of thioether (sulfide) groups is 1. The van der Waals surface area contributed by atoms with Crippen LogP contribution in [-0.4, -0.2) is 32.1 Å². The van der Waals surface area contributed by atoms with E-state index in [2.05, 4.69) is 36.2 Å². The number of hydrogen-bond donors (Lipinski definition) is 0. The van der Waals surface area contributed by atoms with Crippen LogP contribution < -0.4 is 5.01 Å². The number of benzene rings is 3. The summed E-state index contributed by atoms with van der Waals surface area (Å²) in [6.07, 6.45) is 8.44. The van der Waals surface area contributed by atoms with Gasteiger partial charge >= 0.3 is 0 Å². The van der Waals surface area contributed by atoms with Crippen molar-refractivity contribution in [2.45, 2.75) is 18.2 Å². The highest BCUT2D eigenvalue weighted by molar-refractivity contribution is 7.99. The maximum absolute atomic E-state index is 13.9. The Hall–Kier alpha value is -4.75. The van der Waals surface area contributed by atoms with Crippen molar-refractivity contribution in [2.75, 3.05) is 10.8 Å². The Morgan fingerprint density at radius 1 is 0.825 bits per heavy atom. The van der Waals surface area contributed by atoms with Gasteiger partial charge in [0.15, 0.2) is 0 Å². The SMILES string of the molecule is CCCSc1ccc(-c2nn(-c3ccccc3)cc2/C=C2\C(=O)N(c3ccccc3)N=C2c2cccnc2)cc1. The summed E-state index contributed by atoms with van der Waals surface area (Å²) >= 11 is 1.84. The Kier molecular flexibility index (Phi) is 7.37. The molecule has 7 heteroatoms. The number of carbonyl (C=O) groups is 1. The number of para-hydroxylation sites is 2. The number of anilines is 1. The molecule has 6 nitrogen and oxygen atoms in total. The molecule has 1 amide bonds. The fourth-order valence-electron chi connectivity index (χ4n) is 4.52. The van der Waals surface area contributed by atoms with Crippen molar-refractivity contribution in [1.82, 2.24) is 14.8 Å². The molecule has 0 fully saturated rings. The first kappa shape index (κ1) is 25.5. The number of nitrogens with zero attached hydrogens (tertiary/aromatic N) is 5. The maximum Gasteiger partial charge on any atom is 0.281 e. The van der Waals surface area contributed by atoms with Gasteiger partial charge in [-0.3, -0.25) is 9.78 Å². The van der Waals surface area contributed by atoms with Crippen molar-refractivity contribution in [2.24, 2.45) is 5.10 Å². The zero-order valence-electron chi connectivity index (χ0n) is 22.0. The van der Waals surface area contributed by atoms with Crippen LogP contribution in [-0.2, 0) is 4.79 Å². The zero-order valence-corrected chi connectivity index (χ0v) is 22.8. The Morgan fingerprint density at radius 3 is 2.23 bits per heavy atom. The van der Waals surface area contributed by atoms with Crippen molar-refractivity contribution in [3.8, 4) is 16.9 Å². The van der Waals surface area contributed by atoms with Gasteiger partial charge in [-0.25, -0.2) is 4.68 Å². The summed E-state index contributed by atoms with van der Waals surface area (Å²) in [5, 5.41) is 11.2. The van der Waals surface area contributed by atoms with Gasteiger partial charge in [-0.15, -0.1) is 11.8 Å². The number of aromatic nitrogens is 3. The molecule has 1 aliphatic rings. The molecule has 0 saturated heterocycles. The first-order valence-electron chi connectivity index (χ1n) is 13.2. The van der Waals surface area contributed by atoms with Crippen molar-refractivity contribution in [3.63, 3.8) is 0 Å². The minimum Gasteiger partial charge on any atom is -0.267 e. The largest absolute Gasteiger partial charge is 0.281 e. The number of hydrogen-bond acceptors (Lipinski definition) is 5. The lowest BCUT2D eigenvalue weighted by Gasteiger charge is -2.10. The Morgan fingerprint density at radius 2 is 1.55 bits per heavy atom. The van der Waals surface area contributed by atoms with Gasteiger partial charge in [-0.05, 0) is 66.8 Å². The van der Waals surface area contributed by atoms with Crippen LogP contribution in [0.3, 0.4) is 0 Å². The molecule has 40 heavy (non-hydrogen) atoms. The molecular weight excluding hydrogens is 514 g/mol. The van der Waals surface area contributed by atoms with E-state index in [1.807, 2.05) is 102 Å². The summed E-state index contributed by atoms with van der Waals surface area (Å²) in [6, 6.07) is 31.7. The van der Waals surface area contributed by atoms with Gasteiger partial charge in [0, 0.05) is 40.2 Å². The Balaban J connectivity index is 1.48. The first-order chi connectivity index (χ1) is 19.7. The van der Waals surface area contributed by atoms with Gasteiger partial charge in [0.05, 0.1) is 22.6 Å². The fraction of sp³-hybridized carbons (Fsp3) is 0.0909. The van der Waals surface area contributed by atoms with Crippen LogP contribution in [0.25, 0.3) is 23.0 Å². The van der Waals surface area contributed by atoms with Crippen molar-refractivity contribution >= 4 is 35.1 Å². The topological polar surface area (TPSA) is 63.4 Å². The zero-order chi connectivity index (χ0) is 27.3. The summed E-state index contributed by atoms with van der Waals surface area (Å²) in [7, 11) is 0. The normalized spacial score (nSPS) is 14.1. The number of pyridine rings is 1. The molecule has 0 bridgehead atoms. The summed E-state index contributed by atoms with van der Waals surface area (Å²) < 4.78 is 1.86. The van der Waals surface area contributed by atoms with Crippen LogP contribution in [0.15, 0.2) is 131 Å². The fourth-order valence-corrected chi connectivity index (χ4v) is 5.29. The van der Waals surface area contributed by atoms with Crippen LogP contribution in [0.4, 0.5) is 5.69 Å². The second kappa shape index (κ2) is 11.6. The number of amides is 1. The van der Waals surface area contributed by atoms with E-state index in [1.165, 1.54) is 9.90 Å². The summed E-state index contributed by atoms with van der Waals surface area (Å²) in [6.45, 7) is 2.18. The van der Waals surface area contributed by atoms with Crippen LogP contribution in [0.2, 0.25) is 0 Å². The lowest BCUT2D eigenvalue weighted by Crippen LogP contribution is -2.21. The highest BCUT2D eigenvalue weighted by Crippen LogP contribution is 2.32. The molecular formula is C33H27N5OS. The third kappa shape index (κ3) is 5.24. The summed E-state index contributed by atoms with van der Waals surface area (Å²) in [5.41, 5.74) is 6.08.